The van der Waals surface area contributed by atoms with E-state index in [-0.39, 0.29) is 40.8 Å². The molecule has 2 aliphatic rings. The minimum absolute atomic E-state index is 0. The van der Waals surface area contributed by atoms with E-state index in [0.717, 1.165) is 44.3 Å². The normalized spacial score (nSPS) is 18.3. The smallest absolute Gasteiger partial charge is 0.328 e. The Morgan fingerprint density at radius 1 is 0.667 bits per heavy atom. The van der Waals surface area contributed by atoms with Gasteiger partial charge < -0.3 is 35.5 Å². The molecule has 6 aromatic rings. The fourth-order valence-corrected chi connectivity index (χ4v) is 9.53. The van der Waals surface area contributed by atoms with E-state index in [2.05, 4.69) is 9.97 Å². The van der Waals surface area contributed by atoms with Crippen LogP contribution in [0.3, 0.4) is 0 Å². The number of hydrogen-bond acceptors (Lipinski definition) is 12. The number of esters is 1. The molecule has 384 valence electrons. The highest BCUT2D eigenvalue weighted by Gasteiger charge is 2.50. The van der Waals surface area contributed by atoms with Gasteiger partial charge in [-0.05, 0) is 111 Å². The summed E-state index contributed by atoms with van der Waals surface area (Å²) < 4.78 is 17.1. The predicted octanol–water partition coefficient (Wildman–Crippen LogP) is 8.10. The number of para-hydroxylation sites is 2. The van der Waals surface area contributed by atoms with Gasteiger partial charge in [0.25, 0.3) is 5.91 Å². The van der Waals surface area contributed by atoms with Crippen molar-refractivity contribution in [3.63, 3.8) is 0 Å². The van der Waals surface area contributed by atoms with Crippen molar-refractivity contribution in [1.82, 2.24) is 25.2 Å². The number of amides is 3. The summed E-state index contributed by atoms with van der Waals surface area (Å²) in [7, 11) is 1.35. The Morgan fingerprint density at radius 3 is 1.44 bits per heavy atom. The molecule has 4 heterocycles. The molecule has 2 aromatic heterocycles. The number of benzene rings is 4. The van der Waals surface area contributed by atoms with E-state index in [0.29, 0.717) is 74.6 Å². The third-order valence-corrected chi connectivity index (χ3v) is 13.2. The molecule has 72 heavy (non-hydrogen) atoms. The Labute approximate surface area is 426 Å². The monoisotopic (exact) mass is 1010 g/mol. The van der Waals surface area contributed by atoms with Gasteiger partial charge >= 0.3 is 5.97 Å². The number of ether oxygens (including phenoxy) is 3. The largest absolute Gasteiger partial charge is 0.489 e. The number of halogens is 2. The number of likely N-dealkylation sites (tertiary alicyclic amines) is 2. The van der Waals surface area contributed by atoms with Crippen LogP contribution in [0, 0.1) is 25.7 Å². The minimum Gasteiger partial charge on any atom is -0.489 e. The van der Waals surface area contributed by atoms with Crippen molar-refractivity contribution in [3.8, 4) is 11.5 Å². The van der Waals surface area contributed by atoms with Crippen LogP contribution >= 0.6 is 12.4 Å². The molecule has 8 rings (SSSR count). The van der Waals surface area contributed by atoms with Crippen LogP contribution in [0.2, 0.25) is 0 Å². The number of nitrogens with one attached hydrogen (secondary N) is 1. The predicted molar refractivity (Wildman–Crippen MR) is 277 cm³/mol. The van der Waals surface area contributed by atoms with Crippen LogP contribution in [0.4, 0.5) is 4.70 Å². The van der Waals surface area contributed by atoms with Crippen LogP contribution in [-0.4, -0.2) is 80.9 Å². The topological polar surface area (TPSA) is 213 Å². The average Bonchev–Trinajstić information content (AvgIpc) is 3.83. The van der Waals surface area contributed by atoms with Crippen LogP contribution in [0.1, 0.15) is 87.0 Å². The minimum atomic E-state index is -1.23. The van der Waals surface area contributed by atoms with E-state index in [4.69, 9.17) is 30.9 Å². The molecule has 0 saturated carbocycles. The van der Waals surface area contributed by atoms with Crippen LogP contribution in [0.25, 0.3) is 21.8 Å². The molecule has 0 radical (unpaired) electrons. The Morgan fingerprint density at radius 2 is 1.06 bits per heavy atom. The quantitative estimate of drug-likeness (QED) is 0.0412. The molecule has 2 fully saturated rings. The molecule has 17 heteroatoms. The zero-order valence-corrected chi connectivity index (χ0v) is 42.7. The molecule has 6 N–H and O–H groups in total. The van der Waals surface area contributed by atoms with E-state index in [9.17, 15) is 19.2 Å². The van der Waals surface area contributed by atoms with Crippen molar-refractivity contribution in [2.45, 2.75) is 104 Å². The number of pyridine rings is 2. The lowest BCUT2D eigenvalue weighted by atomic mass is 9.89. The lowest BCUT2D eigenvalue weighted by Gasteiger charge is -2.30. The summed E-state index contributed by atoms with van der Waals surface area (Å²) in [6, 6.07) is 33.2. The molecule has 15 nitrogen and oxygen atoms in total. The summed E-state index contributed by atoms with van der Waals surface area (Å²) in [4.78, 5) is 63.5. The van der Waals surface area contributed by atoms with Crippen molar-refractivity contribution in [2.75, 3.05) is 20.2 Å². The highest BCUT2D eigenvalue weighted by atomic mass is 35.5. The SMILES string of the molecule is COC(=O)[C@@H](CC(C)C)N1CC[C@@](N)(c2ccc(OCc3cc(C)nc4ccccc34)cc2)C1=O.Cc1cc(COc2ccc([C@]3(N)CCN([C@H](CC(C)C)C(=O)NO)C3=O)cc2)c2ccccc2n1.Cl.F. The summed E-state index contributed by atoms with van der Waals surface area (Å²) in [6.07, 6.45) is 1.77. The fraction of sp³-hybridized carbons (Fsp3) is 0.382. The molecule has 4 atom stereocenters. The van der Waals surface area contributed by atoms with Crippen LogP contribution in [-0.2, 0) is 48.2 Å². The summed E-state index contributed by atoms with van der Waals surface area (Å²) >= 11 is 0. The van der Waals surface area contributed by atoms with Crippen LogP contribution in [0.5, 0.6) is 11.5 Å². The van der Waals surface area contributed by atoms with Crippen molar-refractivity contribution in [2.24, 2.45) is 23.3 Å². The van der Waals surface area contributed by atoms with Gasteiger partial charge in [-0.3, -0.25) is 34.3 Å². The van der Waals surface area contributed by atoms with Gasteiger partial charge in [0, 0.05) is 46.4 Å². The van der Waals surface area contributed by atoms with Crippen LogP contribution < -0.4 is 26.4 Å². The number of carbonyl (C=O) groups is 4. The number of hydrogen-bond donors (Lipinski definition) is 4. The lowest BCUT2D eigenvalue weighted by Crippen LogP contribution is -2.52. The number of hydroxylamine groups is 1. The number of rotatable bonds is 16. The van der Waals surface area contributed by atoms with Crippen molar-refractivity contribution >= 4 is 57.9 Å². The maximum atomic E-state index is 13.4. The standard InChI is InChI=1S/C28H33N3O4.C27H32N4O4.ClH.FH/c1-18(2)15-25(26(32)34-4)31-14-13-28(29,27(31)33)21-9-11-22(12-10-21)35-17-20-16-19(3)30-24-8-6-5-7-23(20)24;1-17(2)14-24(25(32)30-34)31-13-12-27(28,26(31)33)20-8-10-21(11-9-20)35-16-19-15-18(3)29-23-7-5-4-6-22(19)23;;/h5-12,16,18,25H,13-15,17,29H2,1-4H3;4-11,15,17,24,34H,12-14,16,28H2,1-3H3,(H,30,32);2*1H/t25-,28-;24-,27-;;/m11../s1. The summed E-state index contributed by atoms with van der Waals surface area (Å²) in [5.41, 5.74) is 19.7. The van der Waals surface area contributed by atoms with E-state index in [1.165, 1.54) is 12.0 Å². The molecule has 4 aromatic carbocycles. The molecule has 0 aliphatic carbocycles. The number of aromatic nitrogens is 2. The molecule has 0 unspecified atom stereocenters. The number of fused-ring (bicyclic) bond motifs is 2. The Balaban J connectivity index is 0.000000260. The van der Waals surface area contributed by atoms with E-state index in [1.54, 1.807) is 22.5 Å². The number of carbonyl (C=O) groups excluding carboxylic acids is 4. The van der Waals surface area contributed by atoms with Crippen molar-refractivity contribution in [1.29, 1.82) is 0 Å². The van der Waals surface area contributed by atoms with Crippen LogP contribution in [0.15, 0.2) is 109 Å². The van der Waals surface area contributed by atoms with Gasteiger partial charge in [-0.2, -0.15) is 0 Å². The molecule has 0 spiro atoms. The first kappa shape index (κ1) is 56.2. The number of methoxy groups -OCH3 is 1. The molecule has 0 bridgehead atoms. The van der Waals surface area contributed by atoms with Gasteiger partial charge in [-0.15, -0.1) is 12.4 Å². The first-order valence-corrected chi connectivity index (χ1v) is 23.8. The van der Waals surface area contributed by atoms with Gasteiger partial charge in [0.1, 0.15) is 47.9 Å². The van der Waals surface area contributed by atoms with Crippen molar-refractivity contribution < 1.29 is 43.3 Å². The van der Waals surface area contributed by atoms with E-state index in [1.807, 2.05) is 139 Å². The van der Waals surface area contributed by atoms with Gasteiger partial charge in [0.15, 0.2) is 0 Å². The molecule has 3 amide bonds. The second kappa shape index (κ2) is 24.1. The maximum Gasteiger partial charge on any atom is 0.328 e. The average molecular weight is 1010 g/mol. The summed E-state index contributed by atoms with van der Waals surface area (Å²) in [5.74, 6) is 0.173. The summed E-state index contributed by atoms with van der Waals surface area (Å²) in [6.45, 7) is 13.4. The zero-order chi connectivity index (χ0) is 50.3. The molecule has 2 saturated heterocycles. The number of nitrogens with two attached hydrogens (primary N) is 2. The zero-order valence-electron chi connectivity index (χ0n) is 41.9. The lowest BCUT2D eigenvalue weighted by molar-refractivity contribution is -0.153. The first-order valence-electron chi connectivity index (χ1n) is 23.8. The summed E-state index contributed by atoms with van der Waals surface area (Å²) in [5, 5.41) is 11.3. The van der Waals surface area contributed by atoms with Gasteiger partial charge in [-0.25, -0.2) is 10.3 Å². The van der Waals surface area contributed by atoms with E-state index < -0.39 is 35.0 Å². The van der Waals surface area contributed by atoms with Gasteiger partial charge in [0.2, 0.25) is 11.8 Å². The first-order chi connectivity index (χ1) is 33.4. The Kier molecular flexibility index (Phi) is 18.8. The van der Waals surface area contributed by atoms with Gasteiger partial charge in [-0.1, -0.05) is 88.4 Å². The Hall–Kier alpha value is -6.72. The third kappa shape index (κ3) is 12.3. The second-order valence-electron chi connectivity index (χ2n) is 19.2. The van der Waals surface area contributed by atoms with E-state index >= 15 is 0 Å². The fourth-order valence-electron chi connectivity index (χ4n) is 9.53. The highest BCUT2D eigenvalue weighted by Crippen LogP contribution is 2.36. The number of nitrogens with zero attached hydrogens (tertiary/aromatic N) is 4. The molecular weight excluding hydrogens is 941 g/mol. The second-order valence-corrected chi connectivity index (χ2v) is 19.2. The van der Waals surface area contributed by atoms with Gasteiger partial charge in [0.05, 0.1) is 18.1 Å². The molecule has 2 aliphatic heterocycles. The maximum absolute atomic E-state index is 13.4. The third-order valence-electron chi connectivity index (χ3n) is 13.2. The Bertz CT molecular complexity index is 2660. The van der Waals surface area contributed by atoms with Crippen molar-refractivity contribution in [3.05, 3.63) is 143 Å². The highest BCUT2D eigenvalue weighted by molar-refractivity contribution is 5.95. The number of aryl methyl sites for hydroxylation is 2. The molecular formula is C55H67ClFN7O8.